The van der Waals surface area contributed by atoms with Crippen LogP contribution in [0.1, 0.15) is 28.8 Å². The Bertz CT molecular complexity index is 766. The minimum atomic E-state index is -0.0466. The number of rotatable bonds is 4. The molecule has 6 heteroatoms. The fourth-order valence-electron chi connectivity index (χ4n) is 2.91. The Balaban J connectivity index is 1.60. The van der Waals surface area contributed by atoms with Gasteiger partial charge in [0.1, 0.15) is 0 Å². The lowest BCUT2D eigenvalue weighted by atomic mass is 10.1. The molecule has 0 N–H and O–H groups in total. The number of benzene rings is 2. The number of carbonyl (C=O) groups is 1. The van der Waals surface area contributed by atoms with Gasteiger partial charge in [-0.3, -0.25) is 4.79 Å². The van der Waals surface area contributed by atoms with E-state index in [1.54, 1.807) is 18.2 Å². The highest BCUT2D eigenvalue weighted by Crippen LogP contribution is 2.24. The number of carbonyl (C=O) groups excluding carboxylic acids is 1. The van der Waals surface area contributed by atoms with Gasteiger partial charge in [0.25, 0.3) is 5.91 Å². The summed E-state index contributed by atoms with van der Waals surface area (Å²) >= 11 is 17.9. The van der Waals surface area contributed by atoms with Crippen molar-refractivity contribution in [2.45, 2.75) is 25.6 Å². The quantitative estimate of drug-likeness (QED) is 0.683. The number of hydrogen-bond donors (Lipinski definition) is 0. The molecule has 2 aromatic rings. The molecular weight excluding hydrogens is 381 g/mol. The van der Waals surface area contributed by atoms with Gasteiger partial charge >= 0.3 is 0 Å². The zero-order valence-corrected chi connectivity index (χ0v) is 15.8. The molecule has 1 fully saturated rings. The van der Waals surface area contributed by atoms with Crippen LogP contribution in [0.4, 0.5) is 0 Å². The van der Waals surface area contributed by atoms with Crippen molar-refractivity contribution in [2.75, 3.05) is 13.1 Å². The molecule has 1 aliphatic heterocycles. The minimum absolute atomic E-state index is 0.0134. The van der Waals surface area contributed by atoms with Crippen LogP contribution in [0.5, 0.6) is 0 Å². The molecule has 0 radical (unpaired) electrons. The second-order valence-corrected chi connectivity index (χ2v) is 7.34. The van der Waals surface area contributed by atoms with Crippen molar-refractivity contribution in [3.63, 3.8) is 0 Å². The van der Waals surface area contributed by atoms with E-state index >= 15 is 0 Å². The molecular formula is C19H18Cl3NO2. The van der Waals surface area contributed by atoms with E-state index in [0.29, 0.717) is 33.8 Å². The molecule has 0 aliphatic carbocycles. The Hall–Kier alpha value is -1.26. The fourth-order valence-corrected chi connectivity index (χ4v) is 3.42. The molecule has 1 atom stereocenters. The van der Waals surface area contributed by atoms with Gasteiger partial charge < -0.3 is 9.64 Å². The largest absolute Gasteiger partial charge is 0.372 e. The Labute approximate surface area is 162 Å². The first-order chi connectivity index (χ1) is 12.0. The lowest BCUT2D eigenvalue weighted by Gasteiger charge is -2.33. The van der Waals surface area contributed by atoms with Gasteiger partial charge in [0.15, 0.2) is 0 Å². The molecule has 1 amide bonds. The van der Waals surface area contributed by atoms with E-state index in [-0.39, 0.29) is 12.0 Å². The highest BCUT2D eigenvalue weighted by molar-refractivity contribution is 6.42. The Morgan fingerprint density at radius 3 is 2.72 bits per heavy atom. The first kappa shape index (κ1) is 18.5. The Morgan fingerprint density at radius 2 is 1.96 bits per heavy atom. The summed E-state index contributed by atoms with van der Waals surface area (Å²) in [4.78, 5) is 14.5. The van der Waals surface area contributed by atoms with Crippen molar-refractivity contribution in [1.29, 1.82) is 0 Å². The topological polar surface area (TPSA) is 29.5 Å². The van der Waals surface area contributed by atoms with Gasteiger partial charge in [-0.05, 0) is 48.7 Å². The van der Waals surface area contributed by atoms with E-state index < -0.39 is 0 Å². The van der Waals surface area contributed by atoms with Crippen molar-refractivity contribution in [3.05, 3.63) is 68.7 Å². The lowest BCUT2D eigenvalue weighted by molar-refractivity contribution is -0.00672. The molecule has 2 aromatic carbocycles. The van der Waals surface area contributed by atoms with Crippen molar-refractivity contribution in [3.8, 4) is 0 Å². The molecule has 0 unspecified atom stereocenters. The first-order valence-electron chi connectivity index (χ1n) is 8.13. The third kappa shape index (κ3) is 4.89. The van der Waals surface area contributed by atoms with Crippen LogP contribution in [-0.4, -0.2) is 30.0 Å². The van der Waals surface area contributed by atoms with Crippen molar-refractivity contribution in [2.24, 2.45) is 0 Å². The number of ether oxygens (including phenoxy) is 1. The van der Waals surface area contributed by atoms with Gasteiger partial charge in [-0.15, -0.1) is 0 Å². The van der Waals surface area contributed by atoms with Crippen LogP contribution >= 0.6 is 34.8 Å². The van der Waals surface area contributed by atoms with Crippen molar-refractivity contribution in [1.82, 2.24) is 4.90 Å². The van der Waals surface area contributed by atoms with Crippen LogP contribution in [0.3, 0.4) is 0 Å². The lowest BCUT2D eigenvalue weighted by Crippen LogP contribution is -2.43. The minimum Gasteiger partial charge on any atom is -0.372 e. The van der Waals surface area contributed by atoms with Gasteiger partial charge in [-0.1, -0.05) is 46.9 Å². The standard InChI is InChI=1S/C19H18Cl3NO2/c20-15-4-1-3-13(9-15)12-25-16-5-2-8-23(11-16)19(24)14-6-7-17(21)18(22)10-14/h1,3-4,6-7,9-10,16H,2,5,8,11-12H2/t16-/m1/s1. The molecule has 0 aromatic heterocycles. The SMILES string of the molecule is O=C(c1ccc(Cl)c(Cl)c1)N1CCC[C@@H](OCc2cccc(Cl)c2)C1. The normalized spacial score (nSPS) is 17.6. The summed E-state index contributed by atoms with van der Waals surface area (Å²) < 4.78 is 5.98. The van der Waals surface area contributed by atoms with E-state index in [0.717, 1.165) is 24.9 Å². The molecule has 132 valence electrons. The number of halogens is 3. The third-order valence-electron chi connectivity index (χ3n) is 4.21. The smallest absolute Gasteiger partial charge is 0.253 e. The summed E-state index contributed by atoms with van der Waals surface area (Å²) in [6, 6.07) is 12.6. The van der Waals surface area contributed by atoms with Gasteiger partial charge in [-0.25, -0.2) is 0 Å². The van der Waals surface area contributed by atoms with Gasteiger partial charge in [0, 0.05) is 23.7 Å². The summed E-state index contributed by atoms with van der Waals surface area (Å²) in [5.41, 5.74) is 1.57. The second kappa shape index (κ2) is 8.41. The van der Waals surface area contributed by atoms with Crippen molar-refractivity contribution >= 4 is 40.7 Å². The summed E-state index contributed by atoms with van der Waals surface area (Å²) in [7, 11) is 0. The first-order valence-corrected chi connectivity index (χ1v) is 9.26. The molecule has 3 rings (SSSR count). The van der Waals surface area contributed by atoms with Crippen LogP contribution in [0.2, 0.25) is 15.1 Å². The van der Waals surface area contributed by atoms with Gasteiger partial charge in [0.05, 0.1) is 22.8 Å². The maximum atomic E-state index is 12.7. The van der Waals surface area contributed by atoms with Crippen LogP contribution in [0, 0.1) is 0 Å². The van der Waals surface area contributed by atoms with Gasteiger partial charge in [-0.2, -0.15) is 0 Å². The molecule has 0 saturated carbocycles. The zero-order chi connectivity index (χ0) is 17.8. The van der Waals surface area contributed by atoms with Crippen molar-refractivity contribution < 1.29 is 9.53 Å². The number of nitrogens with zero attached hydrogens (tertiary/aromatic N) is 1. The Morgan fingerprint density at radius 1 is 1.12 bits per heavy atom. The maximum absolute atomic E-state index is 12.7. The average Bonchev–Trinajstić information content (AvgIpc) is 2.62. The van der Waals surface area contributed by atoms with E-state index in [4.69, 9.17) is 39.5 Å². The summed E-state index contributed by atoms with van der Waals surface area (Å²) in [5, 5.41) is 1.53. The predicted octanol–water partition coefficient (Wildman–Crippen LogP) is 5.47. The second-order valence-electron chi connectivity index (χ2n) is 6.09. The summed E-state index contributed by atoms with van der Waals surface area (Å²) in [6.07, 6.45) is 1.86. The predicted molar refractivity (Wildman–Crippen MR) is 102 cm³/mol. The van der Waals surface area contributed by atoms with Crippen LogP contribution in [0.15, 0.2) is 42.5 Å². The molecule has 1 heterocycles. The number of piperidine rings is 1. The number of amides is 1. The molecule has 1 saturated heterocycles. The average molecular weight is 399 g/mol. The van der Waals surface area contributed by atoms with Crippen LogP contribution in [0.25, 0.3) is 0 Å². The molecule has 0 bridgehead atoms. The maximum Gasteiger partial charge on any atom is 0.253 e. The molecule has 0 spiro atoms. The number of likely N-dealkylation sites (tertiary alicyclic amines) is 1. The molecule has 1 aliphatic rings. The fraction of sp³-hybridized carbons (Fsp3) is 0.316. The molecule has 3 nitrogen and oxygen atoms in total. The monoisotopic (exact) mass is 397 g/mol. The summed E-state index contributed by atoms with van der Waals surface area (Å²) in [6.45, 7) is 1.77. The zero-order valence-electron chi connectivity index (χ0n) is 13.6. The van der Waals surface area contributed by atoms with E-state index in [1.807, 2.05) is 29.2 Å². The van der Waals surface area contributed by atoms with E-state index in [1.165, 1.54) is 0 Å². The Kier molecular flexibility index (Phi) is 6.24. The molecule has 25 heavy (non-hydrogen) atoms. The summed E-state index contributed by atoms with van der Waals surface area (Å²) in [5.74, 6) is -0.0466. The highest BCUT2D eigenvalue weighted by atomic mass is 35.5. The third-order valence-corrected chi connectivity index (χ3v) is 5.18. The van der Waals surface area contributed by atoms with Crippen LogP contribution in [-0.2, 0) is 11.3 Å². The van der Waals surface area contributed by atoms with E-state index in [9.17, 15) is 4.79 Å². The van der Waals surface area contributed by atoms with Gasteiger partial charge in [0.2, 0.25) is 0 Å². The van der Waals surface area contributed by atoms with E-state index in [2.05, 4.69) is 0 Å². The van der Waals surface area contributed by atoms with Crippen LogP contribution < -0.4 is 0 Å². The highest BCUT2D eigenvalue weighted by Gasteiger charge is 2.25. The number of hydrogen-bond acceptors (Lipinski definition) is 2.